The van der Waals surface area contributed by atoms with E-state index in [0.29, 0.717) is 47.9 Å². The van der Waals surface area contributed by atoms with Gasteiger partial charge in [-0.25, -0.2) is 4.79 Å². The third kappa shape index (κ3) is 5.64. The van der Waals surface area contributed by atoms with Crippen molar-refractivity contribution in [3.63, 3.8) is 0 Å². The second kappa shape index (κ2) is 10.9. The number of carbonyl (C=O) groups excluding carboxylic acids is 2. The van der Waals surface area contributed by atoms with Crippen LogP contribution < -0.4 is 19.5 Å². The van der Waals surface area contributed by atoms with E-state index in [1.807, 2.05) is 32.9 Å². The lowest BCUT2D eigenvalue weighted by Crippen LogP contribution is -2.35. The largest absolute Gasteiger partial charge is 0.494 e. The van der Waals surface area contributed by atoms with Crippen LogP contribution in [-0.4, -0.2) is 43.7 Å². The van der Waals surface area contributed by atoms with Crippen molar-refractivity contribution in [3.8, 4) is 17.2 Å². The molecule has 1 amide bonds. The van der Waals surface area contributed by atoms with E-state index in [2.05, 4.69) is 18.2 Å². The van der Waals surface area contributed by atoms with Gasteiger partial charge in [0, 0.05) is 22.8 Å². The van der Waals surface area contributed by atoms with E-state index in [1.54, 1.807) is 18.3 Å². The van der Waals surface area contributed by atoms with Crippen LogP contribution in [0.1, 0.15) is 55.1 Å². The van der Waals surface area contributed by atoms with E-state index in [0.717, 1.165) is 16.8 Å². The molecule has 1 heterocycles. The van der Waals surface area contributed by atoms with Crippen LogP contribution >= 0.6 is 12.9 Å². The Hall–Kier alpha value is -3.40. The normalized spacial score (nSPS) is 14.4. The zero-order valence-corrected chi connectivity index (χ0v) is 21.7. The zero-order valence-electron chi connectivity index (χ0n) is 20.8. The number of thiol groups is 1. The van der Waals surface area contributed by atoms with Crippen molar-refractivity contribution in [3.05, 3.63) is 41.0 Å². The second-order valence-electron chi connectivity index (χ2n) is 8.52. The van der Waals surface area contributed by atoms with Gasteiger partial charge in [0.1, 0.15) is 29.8 Å². The number of aryl methyl sites for hydroxylation is 1. The third-order valence-corrected chi connectivity index (χ3v) is 5.82. The van der Waals surface area contributed by atoms with Crippen molar-refractivity contribution in [1.29, 1.82) is 0 Å². The van der Waals surface area contributed by atoms with Gasteiger partial charge in [-0.15, -0.1) is 0 Å². The van der Waals surface area contributed by atoms with Crippen LogP contribution in [0.4, 0.5) is 16.2 Å². The molecule has 0 saturated heterocycles. The lowest BCUT2D eigenvalue weighted by atomic mass is 9.92. The Balaban J connectivity index is 1.71. The Morgan fingerprint density at radius 1 is 1.23 bits per heavy atom. The van der Waals surface area contributed by atoms with Crippen molar-refractivity contribution in [2.75, 3.05) is 26.1 Å². The van der Waals surface area contributed by atoms with Crippen molar-refractivity contribution < 1.29 is 37.6 Å². The first-order valence-electron chi connectivity index (χ1n) is 11.1. The topological polar surface area (TPSA) is 95.3 Å². The van der Waals surface area contributed by atoms with Crippen LogP contribution in [-0.2, 0) is 14.6 Å². The molecule has 0 spiro atoms. The number of Topliss-reactive ketones (excluding diaryl/α,β-unsaturated/α-hetero) is 1. The summed E-state index contributed by atoms with van der Waals surface area (Å²) in [5.41, 5.74) is 2.57. The molecule has 2 aromatic carbocycles. The highest BCUT2D eigenvalue weighted by atomic mass is 32.1. The zero-order chi connectivity index (χ0) is 25.8. The Kier molecular flexibility index (Phi) is 8.16. The quantitative estimate of drug-likeness (QED) is 0.0857. The molecule has 0 aromatic heterocycles. The van der Waals surface area contributed by atoms with E-state index in [4.69, 9.17) is 23.2 Å². The van der Waals surface area contributed by atoms with E-state index in [9.17, 15) is 9.59 Å². The maximum atomic E-state index is 12.4. The fourth-order valence-electron chi connectivity index (χ4n) is 3.99. The molecule has 0 fully saturated rings. The molecule has 188 valence electrons. The molecule has 35 heavy (non-hydrogen) atoms. The number of methoxy groups -OCH3 is 2. The average molecular weight is 504 g/mol. The predicted octanol–water partition coefficient (Wildman–Crippen LogP) is 5.36. The van der Waals surface area contributed by atoms with Crippen LogP contribution in [0.3, 0.4) is 0 Å². The second-order valence-corrected chi connectivity index (χ2v) is 8.68. The molecule has 1 aliphatic rings. The fourth-order valence-corrected chi connectivity index (χ4v) is 4.15. The number of carbonyl (C=O) groups is 2. The van der Waals surface area contributed by atoms with Crippen molar-refractivity contribution in [1.82, 2.24) is 0 Å². The van der Waals surface area contributed by atoms with Crippen molar-refractivity contribution in [2.45, 2.75) is 46.1 Å². The van der Waals surface area contributed by atoms with Crippen LogP contribution in [0.5, 0.6) is 17.2 Å². The summed E-state index contributed by atoms with van der Waals surface area (Å²) in [7, 11) is 2.99. The highest BCUT2D eigenvalue weighted by molar-refractivity contribution is 7.74. The van der Waals surface area contributed by atoms with Gasteiger partial charge in [-0.2, -0.15) is 4.28 Å². The van der Waals surface area contributed by atoms with Crippen LogP contribution in [0.2, 0.25) is 0 Å². The Morgan fingerprint density at radius 3 is 2.60 bits per heavy atom. The number of unbranched alkanes of at least 4 members (excludes halogenated alkanes) is 1. The first kappa shape index (κ1) is 26.2. The highest BCUT2D eigenvalue weighted by Gasteiger charge is 2.34. The molecule has 0 atom stereocenters. The van der Waals surface area contributed by atoms with Crippen molar-refractivity contribution in [2.24, 2.45) is 0 Å². The van der Waals surface area contributed by atoms with Crippen LogP contribution in [0.25, 0.3) is 0 Å². The number of fused-ring (bicyclic) bond motifs is 1. The minimum Gasteiger partial charge on any atom is -0.494 e. The Bertz CT molecular complexity index is 1160. The summed E-state index contributed by atoms with van der Waals surface area (Å²) in [6.07, 6.45) is 2.56. The molecule has 9 nitrogen and oxygen atoms in total. The van der Waals surface area contributed by atoms with Crippen LogP contribution in [0, 0.1) is 6.92 Å². The summed E-state index contributed by atoms with van der Waals surface area (Å²) < 4.78 is 28.7. The smallest absolute Gasteiger partial charge is 0.412 e. The standard InChI is InChI=1S/C25H30N2O7S/c1-15-13-17(14-18-22(15)26-24(29)33-25(18,3)4)32-12-8-7-11-27(34-35)19-9-10-20(30-5)23(31-6)21(19)16(2)28/h9-11,13-14H,7-8,12H2,1-6H3,(H-,26,29,35)/p+1. The van der Waals surface area contributed by atoms with E-state index in [1.165, 1.54) is 25.9 Å². The van der Waals surface area contributed by atoms with E-state index >= 15 is 0 Å². The molecule has 3 rings (SSSR count). The van der Waals surface area contributed by atoms with Crippen molar-refractivity contribution >= 4 is 42.4 Å². The number of hydrogen-bond donors (Lipinski definition) is 2. The van der Waals surface area contributed by atoms with Gasteiger partial charge >= 0.3 is 6.09 Å². The molecule has 0 bridgehead atoms. The fraction of sp³-hybridized carbons (Fsp3) is 0.400. The number of cyclic esters (lactones) is 1. The minimum absolute atomic E-state index is 0.200. The number of anilines is 1. The summed E-state index contributed by atoms with van der Waals surface area (Å²) in [5.74, 6) is 1.27. The minimum atomic E-state index is -0.756. The van der Waals surface area contributed by atoms with Gasteiger partial charge in [0.05, 0.1) is 26.5 Å². The molecule has 2 aromatic rings. The number of benzene rings is 2. The van der Waals surface area contributed by atoms with Gasteiger partial charge in [-0.3, -0.25) is 10.1 Å². The summed E-state index contributed by atoms with van der Waals surface area (Å²) in [5, 5.41) is 2.76. The lowest BCUT2D eigenvalue weighted by molar-refractivity contribution is -0.672. The molecule has 0 unspecified atom stereocenters. The molecule has 0 radical (unpaired) electrons. The molecular formula is C25H31N2O7S+. The third-order valence-electron chi connectivity index (χ3n) is 5.65. The number of rotatable bonds is 10. The number of ether oxygens (including phenoxy) is 4. The molecular weight excluding hydrogens is 472 g/mol. The molecule has 0 saturated carbocycles. The monoisotopic (exact) mass is 503 g/mol. The average Bonchev–Trinajstić information content (AvgIpc) is 2.80. The van der Waals surface area contributed by atoms with Gasteiger partial charge in [0.2, 0.25) is 6.21 Å². The SMILES string of the molecule is COc1ccc([N+](=CCCCOc2cc(C)c3c(c2)C(C)(C)OC(=O)N3)OS)c(C(C)=O)c1OC. The summed E-state index contributed by atoms with van der Waals surface area (Å²) in [6.45, 7) is 7.49. The van der Waals surface area contributed by atoms with Gasteiger partial charge in [-0.05, 0) is 57.9 Å². The number of amides is 1. The number of hydrogen-bond acceptors (Lipinski definition) is 8. The first-order valence-corrected chi connectivity index (χ1v) is 11.5. The van der Waals surface area contributed by atoms with E-state index in [-0.39, 0.29) is 5.78 Å². The van der Waals surface area contributed by atoms with Gasteiger partial charge in [-0.1, -0.05) is 0 Å². The van der Waals surface area contributed by atoms with Gasteiger partial charge in [0.15, 0.2) is 17.3 Å². The molecule has 1 aliphatic heterocycles. The van der Waals surface area contributed by atoms with Crippen LogP contribution in [0.15, 0.2) is 24.3 Å². The maximum absolute atomic E-state index is 12.4. The maximum Gasteiger partial charge on any atom is 0.412 e. The summed E-state index contributed by atoms with van der Waals surface area (Å²) in [6, 6.07) is 7.18. The Labute approximate surface area is 210 Å². The summed E-state index contributed by atoms with van der Waals surface area (Å²) in [4.78, 5) is 24.2. The number of nitrogens with one attached hydrogen (secondary N) is 1. The molecule has 0 aliphatic carbocycles. The van der Waals surface area contributed by atoms with Gasteiger partial charge < -0.3 is 18.9 Å². The first-order chi connectivity index (χ1) is 16.6. The molecule has 10 heteroatoms. The van der Waals surface area contributed by atoms with E-state index < -0.39 is 11.7 Å². The highest BCUT2D eigenvalue weighted by Crippen LogP contribution is 2.40. The predicted molar refractivity (Wildman–Crippen MR) is 135 cm³/mol. The lowest BCUT2D eigenvalue weighted by Gasteiger charge is -2.33. The Morgan fingerprint density at radius 2 is 1.97 bits per heavy atom. The molecule has 1 N–H and O–H groups in total. The number of ketones is 1. The van der Waals surface area contributed by atoms with Gasteiger partial charge in [0.25, 0.3) is 5.69 Å². The summed E-state index contributed by atoms with van der Waals surface area (Å²) >= 11 is 3.96. The number of nitrogens with zero attached hydrogens (tertiary/aromatic N) is 1.